The zero-order valence-electron chi connectivity index (χ0n) is 19.5. The minimum absolute atomic E-state index is 0.0107. The van der Waals surface area contributed by atoms with E-state index in [4.69, 9.17) is 12.2 Å². The first-order valence-electron chi connectivity index (χ1n) is 10.8. The van der Waals surface area contributed by atoms with E-state index in [2.05, 4.69) is 42.3 Å². The van der Waals surface area contributed by atoms with Crippen molar-refractivity contribution >= 4 is 58.2 Å². The van der Waals surface area contributed by atoms with Crippen molar-refractivity contribution in [2.45, 2.75) is 26.2 Å². The van der Waals surface area contributed by atoms with Gasteiger partial charge in [-0.05, 0) is 77.1 Å². The Morgan fingerprint density at radius 3 is 2.09 bits per heavy atom. The predicted octanol–water partition coefficient (Wildman–Crippen LogP) is 4.65. The molecular formula is C26H26N4O3S2. The van der Waals surface area contributed by atoms with Gasteiger partial charge in [0.05, 0.1) is 0 Å². The number of hydrogen-bond donors (Lipinski definition) is 4. The Hall–Kier alpha value is -3.82. The molecule has 1 aromatic heterocycles. The van der Waals surface area contributed by atoms with Gasteiger partial charge in [0.15, 0.2) is 5.11 Å². The lowest BCUT2D eigenvalue weighted by molar-refractivity contribution is -0.115. The fraction of sp³-hybridized carbons (Fsp3) is 0.154. The summed E-state index contributed by atoms with van der Waals surface area (Å²) < 4.78 is 0. The van der Waals surface area contributed by atoms with Crippen LogP contribution >= 0.6 is 23.6 Å². The summed E-state index contributed by atoms with van der Waals surface area (Å²) in [4.78, 5) is 37.7. The molecule has 0 fully saturated rings. The van der Waals surface area contributed by atoms with E-state index in [0.29, 0.717) is 16.8 Å². The van der Waals surface area contributed by atoms with Crippen LogP contribution in [-0.4, -0.2) is 22.8 Å². The molecule has 0 spiro atoms. The standard InChI is InChI=1S/C26H26N4O3S2/c1-26(2,3)19-10-6-17(7-11-19)23(32)27-20-12-8-18(9-13-20)24(33)29-30-25(34)28-22(31)15-14-21-5-4-16-35-21/h4-16H,1-3H3,(H,27,32)(H,29,33)(H2,28,30,31,34). The van der Waals surface area contributed by atoms with Crippen LogP contribution in [0.1, 0.15) is 51.9 Å². The van der Waals surface area contributed by atoms with Crippen LogP contribution in [0.2, 0.25) is 0 Å². The normalized spacial score (nSPS) is 11.1. The second kappa shape index (κ2) is 11.5. The highest BCUT2D eigenvalue weighted by molar-refractivity contribution is 7.80. The molecule has 0 saturated heterocycles. The number of hydrogen-bond acceptors (Lipinski definition) is 5. The lowest BCUT2D eigenvalue weighted by Crippen LogP contribution is -2.48. The monoisotopic (exact) mass is 506 g/mol. The molecule has 7 nitrogen and oxygen atoms in total. The van der Waals surface area contributed by atoms with Gasteiger partial charge >= 0.3 is 0 Å². The van der Waals surface area contributed by atoms with Gasteiger partial charge in [-0.3, -0.25) is 30.6 Å². The third-order valence-corrected chi connectivity index (χ3v) is 5.93. The number of thiocarbonyl (C=S) groups is 1. The molecule has 2 aromatic carbocycles. The number of hydrazine groups is 1. The third-order valence-electron chi connectivity index (χ3n) is 4.89. The van der Waals surface area contributed by atoms with Crippen molar-refractivity contribution in [3.8, 4) is 0 Å². The molecule has 3 aromatic rings. The van der Waals surface area contributed by atoms with Crippen LogP contribution < -0.4 is 21.5 Å². The summed E-state index contributed by atoms with van der Waals surface area (Å²) in [6.45, 7) is 6.34. The Bertz CT molecular complexity index is 1230. The quantitative estimate of drug-likeness (QED) is 0.229. The summed E-state index contributed by atoms with van der Waals surface area (Å²) in [6.07, 6.45) is 3.02. The van der Waals surface area contributed by atoms with Crippen molar-refractivity contribution < 1.29 is 14.4 Å². The maximum Gasteiger partial charge on any atom is 0.269 e. The molecule has 180 valence electrons. The Balaban J connectivity index is 1.47. The fourth-order valence-electron chi connectivity index (χ4n) is 2.94. The molecule has 0 aliphatic rings. The minimum Gasteiger partial charge on any atom is -0.322 e. The average Bonchev–Trinajstić information content (AvgIpc) is 3.35. The summed E-state index contributed by atoms with van der Waals surface area (Å²) in [5.74, 6) is -1.11. The van der Waals surface area contributed by atoms with Crippen LogP contribution in [0.25, 0.3) is 6.08 Å². The van der Waals surface area contributed by atoms with Gasteiger partial charge in [0.1, 0.15) is 0 Å². The van der Waals surface area contributed by atoms with Gasteiger partial charge in [0.2, 0.25) is 5.91 Å². The first-order valence-corrected chi connectivity index (χ1v) is 12.1. The number of carbonyl (C=O) groups excluding carboxylic acids is 3. The molecular weight excluding hydrogens is 480 g/mol. The molecule has 0 unspecified atom stereocenters. The summed E-state index contributed by atoms with van der Waals surface area (Å²) in [6, 6.07) is 17.7. The molecule has 0 aliphatic carbocycles. The Labute approximate surface area is 213 Å². The molecule has 4 N–H and O–H groups in total. The highest BCUT2D eigenvalue weighted by atomic mass is 32.1. The first kappa shape index (κ1) is 25.8. The van der Waals surface area contributed by atoms with Crippen molar-refractivity contribution in [1.29, 1.82) is 0 Å². The largest absolute Gasteiger partial charge is 0.322 e. The van der Waals surface area contributed by atoms with Crippen molar-refractivity contribution in [3.63, 3.8) is 0 Å². The second-order valence-corrected chi connectivity index (χ2v) is 9.99. The van der Waals surface area contributed by atoms with E-state index in [-0.39, 0.29) is 16.4 Å². The van der Waals surface area contributed by atoms with Crippen LogP contribution in [0, 0.1) is 0 Å². The molecule has 0 atom stereocenters. The second-order valence-electron chi connectivity index (χ2n) is 8.61. The lowest BCUT2D eigenvalue weighted by Gasteiger charge is -2.19. The number of benzene rings is 2. The number of anilines is 1. The Kier molecular flexibility index (Phi) is 8.51. The maximum absolute atomic E-state index is 12.5. The molecule has 9 heteroatoms. The molecule has 0 saturated carbocycles. The molecule has 0 bridgehead atoms. The summed E-state index contributed by atoms with van der Waals surface area (Å²) in [5, 5.41) is 7.13. The topological polar surface area (TPSA) is 99.3 Å². The van der Waals surface area contributed by atoms with E-state index in [1.54, 1.807) is 42.5 Å². The van der Waals surface area contributed by atoms with E-state index in [9.17, 15) is 14.4 Å². The zero-order chi connectivity index (χ0) is 25.4. The van der Waals surface area contributed by atoms with Crippen molar-refractivity contribution in [1.82, 2.24) is 16.2 Å². The SMILES string of the molecule is CC(C)(C)c1ccc(C(=O)Nc2ccc(C(=O)NNC(=S)NC(=O)C=Cc3cccs3)cc2)cc1. The smallest absolute Gasteiger partial charge is 0.269 e. The number of carbonyl (C=O) groups is 3. The predicted molar refractivity (Wildman–Crippen MR) is 144 cm³/mol. The van der Waals surface area contributed by atoms with Gasteiger partial charge in [-0.15, -0.1) is 11.3 Å². The van der Waals surface area contributed by atoms with Crippen molar-refractivity contribution in [2.24, 2.45) is 0 Å². The summed E-state index contributed by atoms with van der Waals surface area (Å²) in [5.41, 5.74) is 7.51. The zero-order valence-corrected chi connectivity index (χ0v) is 21.2. The van der Waals surface area contributed by atoms with E-state index in [1.165, 1.54) is 17.4 Å². The summed E-state index contributed by atoms with van der Waals surface area (Å²) in [7, 11) is 0. The van der Waals surface area contributed by atoms with Gasteiger partial charge in [-0.25, -0.2) is 0 Å². The van der Waals surface area contributed by atoms with Gasteiger partial charge in [-0.2, -0.15) is 0 Å². The van der Waals surface area contributed by atoms with Crippen molar-refractivity contribution in [3.05, 3.63) is 93.7 Å². The molecule has 3 amide bonds. The van der Waals surface area contributed by atoms with Gasteiger partial charge < -0.3 is 5.32 Å². The molecule has 3 rings (SSSR count). The number of nitrogens with one attached hydrogen (secondary N) is 4. The third kappa shape index (κ3) is 7.87. The van der Waals surface area contributed by atoms with Crippen molar-refractivity contribution in [2.75, 3.05) is 5.32 Å². The van der Waals surface area contributed by atoms with E-state index >= 15 is 0 Å². The van der Waals surface area contributed by atoms with Gasteiger partial charge in [0, 0.05) is 27.8 Å². The number of amides is 3. The highest BCUT2D eigenvalue weighted by Crippen LogP contribution is 2.22. The van der Waals surface area contributed by atoms with Gasteiger partial charge in [-0.1, -0.05) is 39.0 Å². The van der Waals surface area contributed by atoms with Crippen LogP contribution in [0.15, 0.2) is 72.1 Å². The van der Waals surface area contributed by atoms with E-state index in [1.807, 2.05) is 29.6 Å². The molecule has 0 radical (unpaired) electrons. The average molecular weight is 507 g/mol. The highest BCUT2D eigenvalue weighted by Gasteiger charge is 2.14. The van der Waals surface area contributed by atoms with E-state index in [0.717, 1.165) is 10.4 Å². The van der Waals surface area contributed by atoms with Gasteiger partial charge in [0.25, 0.3) is 11.8 Å². The summed E-state index contributed by atoms with van der Waals surface area (Å²) >= 11 is 6.52. The van der Waals surface area contributed by atoms with Crippen LogP contribution in [-0.2, 0) is 10.2 Å². The number of thiophene rings is 1. The van der Waals surface area contributed by atoms with Crippen LogP contribution in [0.3, 0.4) is 0 Å². The number of rotatable bonds is 5. The molecule has 35 heavy (non-hydrogen) atoms. The molecule has 0 aliphatic heterocycles. The first-order chi connectivity index (χ1) is 16.6. The van der Waals surface area contributed by atoms with E-state index < -0.39 is 11.8 Å². The maximum atomic E-state index is 12.5. The van der Waals surface area contributed by atoms with Crippen LogP contribution in [0.4, 0.5) is 5.69 Å². The fourth-order valence-corrected chi connectivity index (χ4v) is 3.71. The molecule has 1 heterocycles. The Morgan fingerprint density at radius 2 is 1.49 bits per heavy atom. The minimum atomic E-state index is -0.452. The van der Waals surface area contributed by atoms with Crippen LogP contribution in [0.5, 0.6) is 0 Å². The Morgan fingerprint density at radius 1 is 0.857 bits per heavy atom. The lowest BCUT2D eigenvalue weighted by atomic mass is 9.87.